The monoisotopic (exact) mass is 721 g/mol. The molecule has 0 aliphatic carbocycles. The molecular weight excluding hydrogens is 670 g/mol. The minimum absolute atomic E-state index is 0.00201. The fourth-order valence-corrected chi connectivity index (χ4v) is 7.13. The molecule has 2 fully saturated rings. The number of aromatic nitrogens is 3. The van der Waals surface area contributed by atoms with E-state index in [1.165, 1.54) is 0 Å². The molecule has 2 unspecified atom stereocenters. The summed E-state index contributed by atoms with van der Waals surface area (Å²) in [5.41, 5.74) is 1.32. The number of rotatable bonds is 11. The number of benzene rings is 1. The number of carbonyl (C=O) groups excluding carboxylic acids is 1. The summed E-state index contributed by atoms with van der Waals surface area (Å²) in [6.07, 6.45) is 11.9. The fourth-order valence-electron chi connectivity index (χ4n) is 6.03. The van der Waals surface area contributed by atoms with Gasteiger partial charge in [0, 0.05) is 54.6 Å². The first-order valence-corrected chi connectivity index (χ1v) is 19.9. The number of nitrogens with zero attached hydrogens (tertiary/aromatic N) is 6. The second-order valence-electron chi connectivity index (χ2n) is 15.6. The summed E-state index contributed by atoms with van der Waals surface area (Å²) in [6.45, 7) is 14.4. The Bertz CT molecular complexity index is 1700. The third-order valence-corrected chi connectivity index (χ3v) is 13.1. The maximum atomic E-state index is 15.7. The van der Waals surface area contributed by atoms with Gasteiger partial charge < -0.3 is 23.9 Å². The quantitative estimate of drug-likeness (QED) is 0.201. The van der Waals surface area contributed by atoms with Crippen LogP contribution >= 0.6 is 10.3 Å². The van der Waals surface area contributed by atoms with Crippen molar-refractivity contribution in [2.24, 2.45) is 0 Å². The summed E-state index contributed by atoms with van der Waals surface area (Å²) >= 11 is 0. The largest absolute Gasteiger partial charge is 0.487 e. The van der Waals surface area contributed by atoms with E-state index in [2.05, 4.69) is 54.6 Å². The Morgan fingerprint density at radius 3 is 2.39 bits per heavy atom. The van der Waals surface area contributed by atoms with Gasteiger partial charge in [-0.15, -0.1) is 10.3 Å². The number of halogens is 1. The smallest absolute Gasteiger partial charge is 0.320 e. The Morgan fingerprint density at radius 1 is 1.04 bits per heavy atom. The Kier molecular flexibility index (Phi) is 11.8. The number of ether oxygens (including phenoxy) is 2. The van der Waals surface area contributed by atoms with E-state index in [9.17, 15) is 10.1 Å². The minimum atomic E-state index is -1.32. The van der Waals surface area contributed by atoms with Crippen LogP contribution in [0.3, 0.4) is 0 Å². The lowest BCUT2D eigenvalue weighted by atomic mass is 10.1. The van der Waals surface area contributed by atoms with Gasteiger partial charge in [0.1, 0.15) is 17.5 Å². The fraction of sp³-hybridized carbons (Fsp3) is 0.553. The molecule has 13 heteroatoms. The van der Waals surface area contributed by atoms with Crippen molar-refractivity contribution in [1.82, 2.24) is 19.9 Å². The molecule has 0 spiro atoms. The highest BCUT2D eigenvalue weighted by atomic mass is 32.3. The maximum Gasteiger partial charge on any atom is 0.320 e. The first-order valence-electron chi connectivity index (χ1n) is 17.5. The van der Waals surface area contributed by atoms with Crippen LogP contribution in [-0.4, -0.2) is 93.1 Å². The molecule has 2 aromatic heterocycles. The van der Waals surface area contributed by atoms with E-state index in [4.69, 9.17) is 23.6 Å². The standard InChI is InChI=1S/C38H52FN7O4S/c1-37(2,3)49-34(47)25-45-18-14-29(15-19-45)48-32-11-9-10-31(35(32)39)44-33-20-26(13-17-41-33)27-22-42-36(43-23-27)46-24-30(21-28(46)12-16-40)50-51(7,8)38(4,5)6/h9-11,13,17,20,22-23,28-30H,12,14-15,18-19,21,24-25H2,1-8H3,(H,41,44). The predicted molar refractivity (Wildman–Crippen MR) is 201 cm³/mol. The number of hydrogen-bond donors (Lipinski definition) is 1. The van der Waals surface area contributed by atoms with Gasteiger partial charge >= 0.3 is 5.97 Å². The van der Waals surface area contributed by atoms with E-state index in [0.717, 1.165) is 17.5 Å². The second-order valence-corrected chi connectivity index (χ2v) is 19.5. The molecule has 0 bridgehead atoms. The molecule has 11 nitrogen and oxygen atoms in total. The summed E-state index contributed by atoms with van der Waals surface area (Å²) in [5.74, 6) is 0.440. The van der Waals surface area contributed by atoms with E-state index >= 15 is 4.39 Å². The third kappa shape index (κ3) is 10.1. The number of carbonyl (C=O) groups is 1. The van der Waals surface area contributed by atoms with E-state index < -0.39 is 21.7 Å². The number of likely N-dealkylation sites (tertiary alicyclic amines) is 1. The van der Waals surface area contributed by atoms with Crippen LogP contribution in [0.4, 0.5) is 21.8 Å². The van der Waals surface area contributed by atoms with Gasteiger partial charge in [-0.25, -0.2) is 19.3 Å². The van der Waals surface area contributed by atoms with Crippen LogP contribution in [0.2, 0.25) is 0 Å². The summed E-state index contributed by atoms with van der Waals surface area (Å²) in [7, 11) is -1.32. The molecule has 0 amide bonds. The molecule has 1 aromatic carbocycles. The van der Waals surface area contributed by atoms with Gasteiger partial charge in [0.05, 0.1) is 30.8 Å². The number of nitriles is 1. The van der Waals surface area contributed by atoms with Crippen molar-refractivity contribution in [3.8, 4) is 22.9 Å². The highest BCUT2D eigenvalue weighted by Crippen LogP contribution is 2.55. The zero-order valence-corrected chi connectivity index (χ0v) is 31.9. The van der Waals surface area contributed by atoms with E-state index in [0.29, 0.717) is 50.7 Å². The van der Waals surface area contributed by atoms with Crippen molar-refractivity contribution < 1.29 is 22.8 Å². The SMILES string of the molecule is CC(C)(C)OC(=O)CN1CCC(Oc2cccc(Nc3cc(-c4cnc(N5CC(OS(C)(C)C(C)(C)C)CC5CC#N)nc4)ccn3)c2F)CC1. The molecule has 0 radical (unpaired) electrons. The Labute approximate surface area is 303 Å². The second kappa shape index (κ2) is 15.7. The number of hydrogen-bond acceptors (Lipinski definition) is 11. The Balaban J connectivity index is 1.20. The van der Waals surface area contributed by atoms with Gasteiger partial charge in [-0.3, -0.25) is 9.69 Å². The lowest BCUT2D eigenvalue weighted by Gasteiger charge is -2.45. The average Bonchev–Trinajstić information content (AvgIpc) is 3.44. The van der Waals surface area contributed by atoms with Crippen LogP contribution in [0.1, 0.15) is 67.2 Å². The van der Waals surface area contributed by atoms with E-state index in [1.807, 2.05) is 37.8 Å². The molecule has 0 saturated carbocycles. The van der Waals surface area contributed by atoms with Crippen molar-refractivity contribution in [3.63, 3.8) is 0 Å². The van der Waals surface area contributed by atoms with Crippen LogP contribution in [0.5, 0.6) is 5.75 Å². The average molecular weight is 722 g/mol. The molecule has 2 saturated heterocycles. The molecule has 5 rings (SSSR count). The molecule has 3 aromatic rings. The van der Waals surface area contributed by atoms with Crippen molar-refractivity contribution in [1.29, 1.82) is 5.26 Å². The summed E-state index contributed by atoms with van der Waals surface area (Å²) in [5, 5.41) is 12.6. The molecule has 4 heterocycles. The maximum absolute atomic E-state index is 15.7. The summed E-state index contributed by atoms with van der Waals surface area (Å²) < 4.78 is 33.9. The first-order chi connectivity index (χ1) is 24.0. The lowest BCUT2D eigenvalue weighted by Crippen LogP contribution is -2.42. The molecule has 1 N–H and O–H groups in total. The van der Waals surface area contributed by atoms with Gasteiger partial charge in [0.25, 0.3) is 0 Å². The third-order valence-electron chi connectivity index (χ3n) is 9.37. The van der Waals surface area contributed by atoms with Crippen LogP contribution in [-0.2, 0) is 13.7 Å². The summed E-state index contributed by atoms with van der Waals surface area (Å²) in [4.78, 5) is 30.1. The lowest BCUT2D eigenvalue weighted by molar-refractivity contribution is -0.156. The molecule has 2 aliphatic rings. The van der Waals surface area contributed by atoms with E-state index in [-0.39, 0.29) is 46.9 Å². The van der Waals surface area contributed by atoms with Crippen LogP contribution in [0.25, 0.3) is 11.1 Å². The number of pyridine rings is 1. The van der Waals surface area contributed by atoms with E-state index in [1.54, 1.807) is 36.8 Å². The Morgan fingerprint density at radius 2 is 1.75 bits per heavy atom. The zero-order valence-electron chi connectivity index (χ0n) is 31.1. The Hall–Kier alpha value is -3.99. The summed E-state index contributed by atoms with van der Waals surface area (Å²) in [6, 6.07) is 11.0. The van der Waals surface area contributed by atoms with Gasteiger partial charge in [-0.05, 0) is 82.4 Å². The van der Waals surface area contributed by atoms with Crippen molar-refractivity contribution in [2.45, 2.75) is 95.8 Å². The molecule has 2 aliphatic heterocycles. The highest BCUT2D eigenvalue weighted by molar-refractivity contribution is 8.29. The van der Waals surface area contributed by atoms with Gasteiger partial charge in [-0.1, -0.05) is 26.8 Å². The molecule has 51 heavy (non-hydrogen) atoms. The van der Waals surface area contributed by atoms with Crippen LogP contribution in [0.15, 0.2) is 48.9 Å². The number of piperidine rings is 1. The normalized spacial score (nSPS) is 19.4. The molecular formula is C38H52FN7O4S. The van der Waals surface area contributed by atoms with Gasteiger partial charge in [-0.2, -0.15) is 5.26 Å². The van der Waals surface area contributed by atoms with Crippen LogP contribution < -0.4 is 15.0 Å². The van der Waals surface area contributed by atoms with Gasteiger partial charge in [0.2, 0.25) is 5.95 Å². The molecule has 276 valence electrons. The highest BCUT2D eigenvalue weighted by Gasteiger charge is 2.39. The number of anilines is 3. The van der Waals surface area contributed by atoms with Gasteiger partial charge in [0.15, 0.2) is 11.6 Å². The van der Waals surface area contributed by atoms with Crippen LogP contribution in [0, 0.1) is 17.1 Å². The number of nitrogens with one attached hydrogen (secondary N) is 1. The topological polar surface area (TPSA) is 126 Å². The number of esters is 1. The minimum Gasteiger partial charge on any atom is -0.487 e. The van der Waals surface area contributed by atoms with Crippen molar-refractivity contribution >= 4 is 33.7 Å². The zero-order chi connectivity index (χ0) is 37.0. The van der Waals surface area contributed by atoms with Crippen molar-refractivity contribution in [2.75, 3.05) is 48.9 Å². The predicted octanol–water partition coefficient (Wildman–Crippen LogP) is 7.26. The first kappa shape index (κ1) is 38.2. The molecule has 2 atom stereocenters. The van der Waals surface area contributed by atoms with Crippen molar-refractivity contribution in [3.05, 3.63) is 54.7 Å².